The summed E-state index contributed by atoms with van der Waals surface area (Å²) in [5.74, 6) is 1.43. The highest BCUT2D eigenvalue weighted by atomic mass is 32.2. The molecule has 0 saturated carbocycles. The summed E-state index contributed by atoms with van der Waals surface area (Å²) < 4.78 is 44.1. The highest BCUT2D eigenvalue weighted by Gasteiger charge is 2.22. The maximum absolute atomic E-state index is 12.8. The van der Waals surface area contributed by atoms with Crippen molar-refractivity contribution < 1.29 is 22.6 Å². The zero-order valence-corrected chi connectivity index (χ0v) is 15.2. The van der Waals surface area contributed by atoms with Crippen LogP contribution in [0.5, 0.6) is 17.2 Å². The lowest BCUT2D eigenvalue weighted by Crippen LogP contribution is -2.18. The van der Waals surface area contributed by atoms with Gasteiger partial charge in [0.05, 0.1) is 17.7 Å². The Morgan fingerprint density at radius 3 is 2.58 bits per heavy atom. The topological polar surface area (TPSA) is 77.1 Å². The van der Waals surface area contributed by atoms with Crippen molar-refractivity contribution in [2.24, 2.45) is 0 Å². The first-order valence-corrected chi connectivity index (χ1v) is 9.90. The zero-order valence-electron chi connectivity index (χ0n) is 14.4. The van der Waals surface area contributed by atoms with Crippen LogP contribution in [-0.2, 0) is 10.0 Å². The number of methoxy groups -OCH3 is 1. The number of nitrogens with zero attached hydrogens (tertiary/aromatic N) is 1. The molecule has 0 bridgehead atoms. The van der Waals surface area contributed by atoms with E-state index in [1.54, 1.807) is 12.1 Å². The van der Waals surface area contributed by atoms with Crippen LogP contribution in [-0.4, -0.2) is 35.4 Å². The van der Waals surface area contributed by atoms with Gasteiger partial charge < -0.3 is 19.1 Å². The van der Waals surface area contributed by atoms with Crippen LogP contribution in [0.1, 0.15) is 12.8 Å². The lowest BCUT2D eigenvalue weighted by Gasteiger charge is -2.20. The molecule has 0 unspecified atom stereocenters. The van der Waals surface area contributed by atoms with Gasteiger partial charge in [-0.3, -0.25) is 4.72 Å². The first-order valence-electron chi connectivity index (χ1n) is 8.42. The van der Waals surface area contributed by atoms with E-state index in [4.69, 9.17) is 14.2 Å². The minimum atomic E-state index is -3.79. The predicted molar refractivity (Wildman–Crippen MR) is 97.8 cm³/mol. The predicted octanol–water partition coefficient (Wildman–Crippen LogP) is 2.82. The Balaban J connectivity index is 1.65. The maximum Gasteiger partial charge on any atom is 0.262 e. The fourth-order valence-corrected chi connectivity index (χ4v) is 4.27. The third kappa shape index (κ3) is 3.12. The van der Waals surface area contributed by atoms with Gasteiger partial charge in [0.25, 0.3) is 10.0 Å². The normalized spacial score (nSPS) is 16.0. The number of fused-ring (bicyclic) bond motifs is 1. The van der Waals surface area contributed by atoms with Crippen LogP contribution in [0.4, 0.5) is 11.4 Å². The third-order valence-electron chi connectivity index (χ3n) is 4.55. The average molecular weight is 376 g/mol. The van der Waals surface area contributed by atoms with Crippen LogP contribution >= 0.6 is 0 Å². The smallest absolute Gasteiger partial charge is 0.262 e. The Bertz CT molecular complexity index is 923. The zero-order chi connectivity index (χ0) is 18.1. The quantitative estimate of drug-likeness (QED) is 0.865. The molecule has 0 spiro atoms. The van der Waals surface area contributed by atoms with Crippen LogP contribution in [0, 0.1) is 0 Å². The maximum atomic E-state index is 12.8. The number of anilines is 2. The summed E-state index contributed by atoms with van der Waals surface area (Å²) in [4.78, 5) is 2.34. The summed E-state index contributed by atoms with van der Waals surface area (Å²) in [5, 5.41) is 0. The largest absolute Gasteiger partial charge is 0.495 e. The summed E-state index contributed by atoms with van der Waals surface area (Å²) in [7, 11) is -2.27. The number of hydrogen-bond acceptors (Lipinski definition) is 6. The molecular formula is C18H20N2O5S. The van der Waals surface area contributed by atoms with E-state index in [-0.39, 0.29) is 11.7 Å². The fourth-order valence-electron chi connectivity index (χ4n) is 3.20. The van der Waals surface area contributed by atoms with Gasteiger partial charge in [0, 0.05) is 24.8 Å². The Kier molecular flexibility index (Phi) is 4.28. The van der Waals surface area contributed by atoms with Gasteiger partial charge >= 0.3 is 0 Å². The Labute approximate surface area is 152 Å². The Morgan fingerprint density at radius 2 is 1.81 bits per heavy atom. The second kappa shape index (κ2) is 6.60. The number of nitrogens with one attached hydrogen (secondary N) is 1. The van der Waals surface area contributed by atoms with E-state index in [0.29, 0.717) is 22.9 Å². The molecule has 2 aliphatic rings. The first-order chi connectivity index (χ1) is 12.6. The molecule has 2 aromatic carbocycles. The number of rotatable bonds is 5. The van der Waals surface area contributed by atoms with Crippen LogP contribution in [0.3, 0.4) is 0 Å². The van der Waals surface area contributed by atoms with Crippen molar-refractivity contribution in [2.45, 2.75) is 17.7 Å². The van der Waals surface area contributed by atoms with E-state index >= 15 is 0 Å². The molecule has 0 atom stereocenters. The summed E-state index contributed by atoms with van der Waals surface area (Å²) in [6.07, 6.45) is 2.29. The van der Waals surface area contributed by atoms with Crippen LogP contribution in [0.25, 0.3) is 0 Å². The van der Waals surface area contributed by atoms with Gasteiger partial charge in [-0.1, -0.05) is 0 Å². The lowest BCUT2D eigenvalue weighted by atomic mass is 10.2. The monoisotopic (exact) mass is 376 g/mol. The minimum absolute atomic E-state index is 0.0952. The molecule has 0 amide bonds. The SMILES string of the molecule is COc1ccc(N2CCCC2)cc1NS(=O)(=O)c1ccc2c(c1)OCO2. The summed E-state index contributed by atoms with van der Waals surface area (Å²) >= 11 is 0. The van der Waals surface area contributed by atoms with Crippen molar-refractivity contribution >= 4 is 21.4 Å². The molecular weight excluding hydrogens is 356 g/mol. The average Bonchev–Trinajstić information content (AvgIpc) is 3.32. The molecule has 0 aliphatic carbocycles. The number of benzene rings is 2. The molecule has 1 fully saturated rings. The van der Waals surface area contributed by atoms with E-state index in [2.05, 4.69) is 9.62 Å². The van der Waals surface area contributed by atoms with Crippen LogP contribution in [0.15, 0.2) is 41.3 Å². The second-order valence-corrected chi connectivity index (χ2v) is 7.88. The standard InChI is InChI=1S/C18H20N2O5S/c1-23-16-6-4-13(20-8-2-3-9-20)10-15(16)19-26(21,22)14-5-7-17-18(11-14)25-12-24-17/h4-7,10-11,19H,2-3,8-9,12H2,1H3. The molecule has 4 rings (SSSR count). The van der Waals surface area contributed by atoms with Crippen molar-refractivity contribution in [1.29, 1.82) is 0 Å². The molecule has 26 heavy (non-hydrogen) atoms. The van der Waals surface area contributed by atoms with Gasteiger partial charge in [-0.2, -0.15) is 0 Å². The summed E-state index contributed by atoms with van der Waals surface area (Å²) in [6, 6.07) is 10.1. The number of sulfonamides is 1. The van der Waals surface area contributed by atoms with Crippen LogP contribution < -0.4 is 23.8 Å². The van der Waals surface area contributed by atoms with E-state index in [9.17, 15) is 8.42 Å². The Hall–Kier alpha value is -2.61. The molecule has 0 radical (unpaired) electrons. The molecule has 1 N–H and O–H groups in total. The van der Waals surface area contributed by atoms with E-state index in [1.807, 2.05) is 12.1 Å². The number of ether oxygens (including phenoxy) is 3. The first kappa shape index (κ1) is 16.8. The van der Waals surface area contributed by atoms with Gasteiger partial charge in [-0.15, -0.1) is 0 Å². The van der Waals surface area contributed by atoms with Gasteiger partial charge in [0.1, 0.15) is 5.75 Å². The van der Waals surface area contributed by atoms with E-state index in [0.717, 1.165) is 31.6 Å². The highest BCUT2D eigenvalue weighted by Crippen LogP contribution is 2.36. The molecule has 1 saturated heterocycles. The second-order valence-electron chi connectivity index (χ2n) is 6.20. The van der Waals surface area contributed by atoms with E-state index in [1.165, 1.54) is 19.2 Å². The minimum Gasteiger partial charge on any atom is -0.495 e. The number of hydrogen-bond donors (Lipinski definition) is 1. The van der Waals surface area contributed by atoms with Gasteiger partial charge in [-0.25, -0.2) is 8.42 Å². The molecule has 0 aromatic heterocycles. The van der Waals surface area contributed by atoms with Crippen molar-refractivity contribution in [3.8, 4) is 17.2 Å². The van der Waals surface area contributed by atoms with Gasteiger partial charge in [-0.05, 0) is 43.2 Å². The molecule has 2 aliphatic heterocycles. The lowest BCUT2D eigenvalue weighted by molar-refractivity contribution is 0.174. The summed E-state index contributed by atoms with van der Waals surface area (Å²) in [5.41, 5.74) is 1.39. The van der Waals surface area contributed by atoms with Crippen molar-refractivity contribution in [3.05, 3.63) is 36.4 Å². The van der Waals surface area contributed by atoms with E-state index < -0.39 is 10.0 Å². The Morgan fingerprint density at radius 1 is 1.04 bits per heavy atom. The highest BCUT2D eigenvalue weighted by molar-refractivity contribution is 7.92. The third-order valence-corrected chi connectivity index (χ3v) is 5.92. The molecule has 8 heteroatoms. The van der Waals surface area contributed by atoms with Crippen molar-refractivity contribution in [2.75, 3.05) is 36.6 Å². The van der Waals surface area contributed by atoms with Crippen LogP contribution in [0.2, 0.25) is 0 Å². The fraction of sp³-hybridized carbons (Fsp3) is 0.333. The molecule has 2 aromatic rings. The van der Waals surface area contributed by atoms with Crippen molar-refractivity contribution in [3.63, 3.8) is 0 Å². The van der Waals surface area contributed by atoms with Crippen molar-refractivity contribution in [1.82, 2.24) is 0 Å². The molecule has 7 nitrogen and oxygen atoms in total. The molecule has 138 valence electrons. The van der Waals surface area contributed by atoms with Gasteiger partial charge in [0.15, 0.2) is 11.5 Å². The molecule has 2 heterocycles. The van der Waals surface area contributed by atoms with Gasteiger partial charge in [0.2, 0.25) is 6.79 Å². The summed E-state index contributed by atoms with van der Waals surface area (Å²) in [6.45, 7) is 2.04.